The average molecular weight is 442 g/mol. The van der Waals surface area contributed by atoms with E-state index in [-0.39, 0.29) is 23.3 Å². The minimum Gasteiger partial charge on any atom is -0.339 e. The van der Waals surface area contributed by atoms with Gasteiger partial charge in [0, 0.05) is 17.6 Å². The van der Waals surface area contributed by atoms with Crippen LogP contribution in [0, 0.1) is 0 Å². The molecule has 156 valence electrons. The molecule has 4 rings (SSSR count). The number of hydrogen-bond donors (Lipinski definition) is 0. The maximum atomic E-state index is 13.2. The summed E-state index contributed by atoms with van der Waals surface area (Å²) in [4.78, 5) is 32.7. The van der Waals surface area contributed by atoms with E-state index in [1.807, 2.05) is 35.2 Å². The Morgan fingerprint density at radius 2 is 2.00 bits per heavy atom. The van der Waals surface area contributed by atoms with Crippen LogP contribution in [0.3, 0.4) is 0 Å². The normalized spacial score (nSPS) is 16.7. The largest absolute Gasteiger partial charge is 0.339 e. The monoisotopic (exact) mass is 441 g/mol. The molecule has 1 aliphatic heterocycles. The van der Waals surface area contributed by atoms with E-state index in [4.69, 9.17) is 16.6 Å². The summed E-state index contributed by atoms with van der Waals surface area (Å²) in [6.07, 6.45) is 3.26. The number of aromatic nitrogens is 2. The number of rotatable bonds is 5. The molecule has 0 radical (unpaired) electrons. The molecule has 0 saturated carbocycles. The number of halogens is 1. The molecule has 1 aliphatic rings. The lowest BCUT2D eigenvalue weighted by atomic mass is 10.0. The molecule has 3 aromatic rings. The van der Waals surface area contributed by atoms with Crippen LogP contribution < -0.4 is 5.56 Å². The third-order valence-electron chi connectivity index (χ3n) is 5.51. The summed E-state index contributed by atoms with van der Waals surface area (Å²) < 4.78 is 1.66. The van der Waals surface area contributed by atoms with Crippen molar-refractivity contribution in [1.82, 2.24) is 14.5 Å². The van der Waals surface area contributed by atoms with E-state index in [2.05, 4.69) is 6.92 Å². The Morgan fingerprint density at radius 3 is 2.77 bits per heavy atom. The summed E-state index contributed by atoms with van der Waals surface area (Å²) in [5.41, 5.74) is 1.44. The van der Waals surface area contributed by atoms with Gasteiger partial charge in [0.15, 0.2) is 5.16 Å². The number of amides is 1. The van der Waals surface area contributed by atoms with Gasteiger partial charge in [0.2, 0.25) is 5.91 Å². The third-order valence-corrected chi connectivity index (χ3v) is 6.71. The van der Waals surface area contributed by atoms with E-state index in [1.165, 1.54) is 18.2 Å². The lowest BCUT2D eigenvalue weighted by Crippen LogP contribution is -2.43. The molecule has 1 atom stereocenters. The zero-order chi connectivity index (χ0) is 21.1. The van der Waals surface area contributed by atoms with Crippen LogP contribution in [0.2, 0.25) is 5.02 Å². The molecule has 0 aliphatic carbocycles. The first-order valence-electron chi connectivity index (χ1n) is 10.2. The molecule has 2 aromatic carbocycles. The quantitative estimate of drug-likeness (QED) is 0.429. The number of benzene rings is 2. The Hall–Kier alpha value is -2.31. The lowest BCUT2D eigenvalue weighted by molar-refractivity contribution is -0.131. The second-order valence-corrected chi connectivity index (χ2v) is 9.03. The van der Waals surface area contributed by atoms with Gasteiger partial charge >= 0.3 is 0 Å². The molecule has 0 N–H and O–H groups in total. The first-order valence-corrected chi connectivity index (χ1v) is 11.6. The molecule has 1 aromatic heterocycles. The van der Waals surface area contributed by atoms with E-state index in [0.29, 0.717) is 27.6 Å². The van der Waals surface area contributed by atoms with Crippen molar-refractivity contribution in [3.05, 3.63) is 69.5 Å². The van der Waals surface area contributed by atoms with E-state index in [0.717, 1.165) is 24.9 Å². The minimum atomic E-state index is -0.123. The van der Waals surface area contributed by atoms with Crippen LogP contribution in [-0.4, -0.2) is 38.7 Å². The van der Waals surface area contributed by atoms with Gasteiger partial charge in [-0.3, -0.25) is 14.2 Å². The molecule has 7 heteroatoms. The summed E-state index contributed by atoms with van der Waals surface area (Å²) in [5, 5.41) is 1.59. The van der Waals surface area contributed by atoms with Gasteiger partial charge in [-0.25, -0.2) is 4.98 Å². The maximum Gasteiger partial charge on any atom is 0.262 e. The van der Waals surface area contributed by atoms with Crippen molar-refractivity contribution >= 4 is 40.2 Å². The smallest absolute Gasteiger partial charge is 0.262 e. The molecule has 1 unspecified atom stereocenters. The van der Waals surface area contributed by atoms with Crippen LogP contribution in [0.5, 0.6) is 0 Å². The van der Waals surface area contributed by atoms with Crippen molar-refractivity contribution in [3.63, 3.8) is 0 Å². The van der Waals surface area contributed by atoms with Gasteiger partial charge in [-0.1, -0.05) is 53.7 Å². The summed E-state index contributed by atoms with van der Waals surface area (Å²) in [7, 11) is 0. The fourth-order valence-corrected chi connectivity index (χ4v) is 4.92. The van der Waals surface area contributed by atoms with Gasteiger partial charge in [0.1, 0.15) is 0 Å². The van der Waals surface area contributed by atoms with Gasteiger partial charge in [-0.2, -0.15) is 0 Å². The Bertz CT molecular complexity index is 1120. The van der Waals surface area contributed by atoms with Crippen molar-refractivity contribution in [2.24, 2.45) is 0 Å². The Balaban J connectivity index is 1.66. The number of thioether (sulfide) groups is 1. The highest BCUT2D eigenvalue weighted by molar-refractivity contribution is 7.99. The number of piperidine rings is 1. The van der Waals surface area contributed by atoms with Crippen LogP contribution in [-0.2, 0) is 11.3 Å². The van der Waals surface area contributed by atoms with Gasteiger partial charge < -0.3 is 4.90 Å². The summed E-state index contributed by atoms with van der Waals surface area (Å²) in [5.74, 6) is 0.358. The van der Waals surface area contributed by atoms with E-state index in [9.17, 15) is 9.59 Å². The number of carbonyl (C=O) groups excluding carboxylic acids is 1. The van der Waals surface area contributed by atoms with Crippen LogP contribution in [0.25, 0.3) is 10.9 Å². The second-order valence-electron chi connectivity index (χ2n) is 7.65. The number of hydrogen-bond acceptors (Lipinski definition) is 4. The molecule has 1 fully saturated rings. The predicted molar refractivity (Wildman–Crippen MR) is 122 cm³/mol. The van der Waals surface area contributed by atoms with E-state index in [1.54, 1.807) is 22.8 Å². The van der Waals surface area contributed by atoms with Crippen LogP contribution in [0.15, 0.2) is 58.5 Å². The molecule has 5 nitrogen and oxygen atoms in total. The maximum absolute atomic E-state index is 13.2. The Morgan fingerprint density at radius 1 is 1.20 bits per heavy atom. The third kappa shape index (κ3) is 4.55. The molecule has 1 amide bonds. The van der Waals surface area contributed by atoms with Gasteiger partial charge in [0.05, 0.1) is 23.2 Å². The lowest BCUT2D eigenvalue weighted by Gasteiger charge is -2.33. The fraction of sp³-hybridized carbons (Fsp3) is 0.348. The van der Waals surface area contributed by atoms with E-state index < -0.39 is 0 Å². The van der Waals surface area contributed by atoms with Crippen molar-refractivity contribution in [2.45, 2.75) is 43.9 Å². The molecule has 30 heavy (non-hydrogen) atoms. The number of carbonyl (C=O) groups is 1. The molecule has 2 heterocycles. The summed E-state index contributed by atoms with van der Waals surface area (Å²) in [6, 6.07) is 15.2. The fourth-order valence-electron chi connectivity index (χ4n) is 3.87. The molecule has 0 spiro atoms. The average Bonchev–Trinajstić information content (AvgIpc) is 2.75. The Labute approximate surface area is 185 Å². The molecule has 0 bridgehead atoms. The van der Waals surface area contributed by atoms with Crippen molar-refractivity contribution in [2.75, 3.05) is 12.3 Å². The van der Waals surface area contributed by atoms with Crippen molar-refractivity contribution in [1.29, 1.82) is 0 Å². The molecule has 1 saturated heterocycles. The summed E-state index contributed by atoms with van der Waals surface area (Å²) in [6.45, 7) is 3.31. The van der Waals surface area contributed by atoms with Gasteiger partial charge in [-0.15, -0.1) is 0 Å². The topological polar surface area (TPSA) is 55.2 Å². The van der Waals surface area contributed by atoms with E-state index >= 15 is 0 Å². The summed E-state index contributed by atoms with van der Waals surface area (Å²) >= 11 is 7.44. The molecular formula is C23H24ClN3O2S. The minimum absolute atomic E-state index is 0.0962. The molecular weight excluding hydrogens is 418 g/mol. The highest BCUT2D eigenvalue weighted by Gasteiger charge is 2.24. The van der Waals surface area contributed by atoms with Crippen LogP contribution in [0.1, 0.15) is 31.7 Å². The first-order chi connectivity index (χ1) is 14.5. The Kier molecular flexibility index (Phi) is 6.44. The second kappa shape index (κ2) is 9.23. The standard InChI is InChI=1S/C23H24ClN3O2S/c1-16-7-5-6-12-26(16)21(28)15-30-23-25-20-13-18(24)10-11-19(20)22(29)27(23)14-17-8-3-2-4-9-17/h2-4,8-11,13,16H,5-7,12,14-15H2,1H3. The first kappa shape index (κ1) is 20.9. The highest BCUT2D eigenvalue weighted by atomic mass is 35.5. The number of nitrogens with zero attached hydrogens (tertiary/aromatic N) is 3. The van der Waals surface area contributed by atoms with Gasteiger partial charge in [-0.05, 0) is 49.9 Å². The predicted octanol–water partition coefficient (Wildman–Crippen LogP) is 4.59. The number of fused-ring (bicyclic) bond motifs is 1. The van der Waals surface area contributed by atoms with Crippen molar-refractivity contribution in [3.8, 4) is 0 Å². The number of likely N-dealkylation sites (tertiary alicyclic amines) is 1. The zero-order valence-electron chi connectivity index (χ0n) is 16.9. The van der Waals surface area contributed by atoms with Crippen LogP contribution in [0.4, 0.5) is 0 Å². The highest BCUT2D eigenvalue weighted by Crippen LogP contribution is 2.23. The van der Waals surface area contributed by atoms with Gasteiger partial charge in [0.25, 0.3) is 5.56 Å². The zero-order valence-corrected chi connectivity index (χ0v) is 18.5. The van der Waals surface area contributed by atoms with Crippen molar-refractivity contribution < 1.29 is 4.79 Å². The van der Waals surface area contributed by atoms with Crippen LogP contribution >= 0.6 is 23.4 Å². The SMILES string of the molecule is CC1CCCCN1C(=O)CSc1nc2cc(Cl)ccc2c(=O)n1Cc1ccccc1.